The molecule has 2 rings (SSSR count). The quantitative estimate of drug-likeness (QED) is 0.660. The third-order valence-corrected chi connectivity index (χ3v) is 6.83. The van der Waals surface area contributed by atoms with Crippen LogP contribution in [0, 0.1) is 0 Å². The van der Waals surface area contributed by atoms with Crippen molar-refractivity contribution in [3.05, 3.63) is 63.6 Å². The summed E-state index contributed by atoms with van der Waals surface area (Å²) in [5.74, 6) is -0.294. The van der Waals surface area contributed by atoms with Gasteiger partial charge in [-0.2, -0.15) is 4.31 Å². The van der Waals surface area contributed by atoms with Crippen molar-refractivity contribution in [1.29, 1.82) is 0 Å². The molecule has 1 amide bonds. The molecule has 0 radical (unpaired) electrons. The Kier molecular flexibility index (Phi) is 7.28. The SMILES string of the molecule is CCN(CC)S(=O)(=O)c1cccc(C(=O)N(C)Cc2ccc(Cl)cc2Cl)c1. The summed E-state index contributed by atoms with van der Waals surface area (Å²) >= 11 is 12.1. The van der Waals surface area contributed by atoms with Crippen LogP contribution in [0.2, 0.25) is 10.0 Å². The number of halogens is 2. The van der Waals surface area contributed by atoms with Crippen molar-refractivity contribution in [2.24, 2.45) is 0 Å². The van der Waals surface area contributed by atoms with E-state index in [2.05, 4.69) is 0 Å². The van der Waals surface area contributed by atoms with E-state index in [1.165, 1.54) is 21.3 Å². The van der Waals surface area contributed by atoms with Crippen LogP contribution in [0.4, 0.5) is 0 Å². The summed E-state index contributed by atoms with van der Waals surface area (Å²) in [6.45, 7) is 4.57. The number of amides is 1. The van der Waals surface area contributed by atoms with Gasteiger partial charge in [-0.15, -0.1) is 0 Å². The van der Waals surface area contributed by atoms with Crippen LogP contribution in [0.5, 0.6) is 0 Å². The normalized spacial score (nSPS) is 11.6. The van der Waals surface area contributed by atoms with Crippen LogP contribution in [0.15, 0.2) is 47.4 Å². The lowest BCUT2D eigenvalue weighted by atomic mass is 10.1. The van der Waals surface area contributed by atoms with Gasteiger partial charge in [0.05, 0.1) is 4.90 Å². The first-order chi connectivity index (χ1) is 12.7. The minimum atomic E-state index is -3.63. The molecule has 0 aliphatic carbocycles. The van der Waals surface area contributed by atoms with Crippen LogP contribution in [0.25, 0.3) is 0 Å². The van der Waals surface area contributed by atoms with Crippen LogP contribution >= 0.6 is 23.2 Å². The third kappa shape index (κ3) is 5.02. The maximum atomic E-state index is 12.8. The molecule has 0 saturated heterocycles. The van der Waals surface area contributed by atoms with Crippen molar-refractivity contribution in [1.82, 2.24) is 9.21 Å². The van der Waals surface area contributed by atoms with E-state index in [-0.39, 0.29) is 17.3 Å². The maximum Gasteiger partial charge on any atom is 0.253 e. The zero-order chi connectivity index (χ0) is 20.2. The second-order valence-electron chi connectivity index (χ2n) is 6.01. The highest BCUT2D eigenvalue weighted by Gasteiger charge is 2.23. The molecule has 0 unspecified atom stereocenters. The molecular formula is C19H22Cl2N2O3S. The summed E-state index contributed by atoms with van der Waals surface area (Å²) in [7, 11) is -1.99. The lowest BCUT2D eigenvalue weighted by Crippen LogP contribution is -2.31. The molecule has 0 heterocycles. The van der Waals surface area contributed by atoms with Crippen LogP contribution in [0.1, 0.15) is 29.8 Å². The van der Waals surface area contributed by atoms with Gasteiger partial charge in [0.1, 0.15) is 0 Å². The van der Waals surface area contributed by atoms with Gasteiger partial charge in [0, 0.05) is 42.3 Å². The number of carbonyl (C=O) groups excluding carboxylic acids is 1. The highest BCUT2D eigenvalue weighted by atomic mass is 35.5. The maximum absolute atomic E-state index is 12.8. The van der Waals surface area contributed by atoms with Gasteiger partial charge in [-0.1, -0.05) is 49.2 Å². The number of hydrogen-bond acceptors (Lipinski definition) is 3. The molecule has 0 aromatic heterocycles. The van der Waals surface area contributed by atoms with E-state index in [1.807, 2.05) is 0 Å². The number of nitrogens with zero attached hydrogens (tertiary/aromatic N) is 2. The summed E-state index contributed by atoms with van der Waals surface area (Å²) in [5, 5.41) is 0.993. The Morgan fingerprint density at radius 2 is 1.70 bits per heavy atom. The summed E-state index contributed by atoms with van der Waals surface area (Å²) in [5.41, 5.74) is 1.06. The Morgan fingerprint density at radius 1 is 1.04 bits per heavy atom. The standard InChI is InChI=1S/C19H22Cl2N2O3S/c1-4-23(5-2)27(25,26)17-8-6-7-14(11-17)19(24)22(3)13-15-9-10-16(20)12-18(15)21/h6-12H,4-5,13H2,1-3H3. The van der Waals surface area contributed by atoms with Gasteiger partial charge in [-0.3, -0.25) is 4.79 Å². The molecule has 0 fully saturated rings. The monoisotopic (exact) mass is 428 g/mol. The Balaban J connectivity index is 2.26. The fourth-order valence-corrected chi connectivity index (χ4v) is 4.67. The summed E-state index contributed by atoms with van der Waals surface area (Å²) < 4.78 is 26.7. The third-order valence-electron chi connectivity index (χ3n) is 4.19. The summed E-state index contributed by atoms with van der Waals surface area (Å²) in [6.07, 6.45) is 0. The van der Waals surface area contributed by atoms with Crippen molar-refractivity contribution < 1.29 is 13.2 Å². The summed E-state index contributed by atoms with van der Waals surface area (Å²) in [6, 6.07) is 11.2. The highest BCUT2D eigenvalue weighted by molar-refractivity contribution is 7.89. The molecule has 146 valence electrons. The van der Waals surface area contributed by atoms with Gasteiger partial charge < -0.3 is 4.90 Å². The number of rotatable bonds is 7. The molecule has 0 N–H and O–H groups in total. The highest BCUT2D eigenvalue weighted by Crippen LogP contribution is 2.23. The zero-order valence-corrected chi connectivity index (χ0v) is 17.8. The molecule has 2 aromatic rings. The van der Waals surface area contributed by atoms with Gasteiger partial charge in [-0.25, -0.2) is 8.42 Å². The van der Waals surface area contributed by atoms with E-state index in [9.17, 15) is 13.2 Å². The lowest BCUT2D eigenvalue weighted by Gasteiger charge is -2.20. The van der Waals surface area contributed by atoms with E-state index in [4.69, 9.17) is 23.2 Å². The average molecular weight is 429 g/mol. The topological polar surface area (TPSA) is 57.7 Å². The molecule has 0 spiro atoms. The molecule has 0 aliphatic heterocycles. The average Bonchev–Trinajstić information content (AvgIpc) is 2.64. The van der Waals surface area contributed by atoms with Gasteiger partial charge in [-0.05, 0) is 35.9 Å². The number of carbonyl (C=O) groups is 1. The smallest absolute Gasteiger partial charge is 0.253 e. The molecule has 0 atom stereocenters. The molecule has 0 aliphatic rings. The van der Waals surface area contributed by atoms with Crippen LogP contribution in [-0.2, 0) is 16.6 Å². The van der Waals surface area contributed by atoms with Crippen molar-refractivity contribution >= 4 is 39.1 Å². The molecule has 8 heteroatoms. The van der Waals surface area contributed by atoms with E-state index in [0.717, 1.165) is 5.56 Å². The van der Waals surface area contributed by atoms with Gasteiger partial charge in [0.25, 0.3) is 5.91 Å². The van der Waals surface area contributed by atoms with Gasteiger partial charge >= 0.3 is 0 Å². The van der Waals surface area contributed by atoms with Crippen molar-refractivity contribution in [2.45, 2.75) is 25.3 Å². The molecule has 2 aromatic carbocycles. The molecule has 0 bridgehead atoms. The van der Waals surface area contributed by atoms with Crippen LogP contribution in [-0.4, -0.2) is 43.7 Å². The second-order valence-corrected chi connectivity index (χ2v) is 8.80. The number of sulfonamides is 1. The van der Waals surface area contributed by atoms with Crippen LogP contribution in [0.3, 0.4) is 0 Å². The van der Waals surface area contributed by atoms with E-state index < -0.39 is 10.0 Å². The first-order valence-corrected chi connectivity index (χ1v) is 10.7. The number of hydrogen-bond donors (Lipinski definition) is 0. The fraction of sp³-hybridized carbons (Fsp3) is 0.316. The van der Waals surface area contributed by atoms with E-state index in [0.29, 0.717) is 28.7 Å². The molecule has 0 saturated carbocycles. The van der Waals surface area contributed by atoms with Crippen molar-refractivity contribution in [3.8, 4) is 0 Å². The Hall–Kier alpha value is -1.60. The first-order valence-electron chi connectivity index (χ1n) is 8.50. The largest absolute Gasteiger partial charge is 0.337 e. The molecule has 27 heavy (non-hydrogen) atoms. The molecular weight excluding hydrogens is 407 g/mol. The number of benzene rings is 2. The Labute approximate surface area is 170 Å². The molecule has 5 nitrogen and oxygen atoms in total. The second kappa shape index (κ2) is 9.06. The van der Waals surface area contributed by atoms with Crippen molar-refractivity contribution in [3.63, 3.8) is 0 Å². The minimum Gasteiger partial charge on any atom is -0.337 e. The first kappa shape index (κ1) is 21.7. The lowest BCUT2D eigenvalue weighted by molar-refractivity contribution is 0.0785. The predicted molar refractivity (Wildman–Crippen MR) is 109 cm³/mol. The van der Waals surface area contributed by atoms with E-state index in [1.54, 1.807) is 51.2 Å². The predicted octanol–water partition coefficient (Wildman–Crippen LogP) is 4.30. The van der Waals surface area contributed by atoms with Crippen molar-refractivity contribution in [2.75, 3.05) is 20.1 Å². The van der Waals surface area contributed by atoms with Gasteiger partial charge in [0.2, 0.25) is 10.0 Å². The Bertz CT molecular complexity index is 928. The van der Waals surface area contributed by atoms with Gasteiger partial charge in [0.15, 0.2) is 0 Å². The Morgan fingerprint density at radius 3 is 2.30 bits per heavy atom. The van der Waals surface area contributed by atoms with Crippen LogP contribution < -0.4 is 0 Å². The minimum absolute atomic E-state index is 0.106. The zero-order valence-electron chi connectivity index (χ0n) is 15.4. The van der Waals surface area contributed by atoms with E-state index >= 15 is 0 Å². The summed E-state index contributed by atoms with van der Waals surface area (Å²) in [4.78, 5) is 14.4. The fourth-order valence-electron chi connectivity index (χ4n) is 2.70.